The summed E-state index contributed by atoms with van der Waals surface area (Å²) in [5.74, 6) is -1.29. The van der Waals surface area contributed by atoms with E-state index in [1.807, 2.05) is 0 Å². The molecule has 1 aliphatic heterocycles. The van der Waals surface area contributed by atoms with Gasteiger partial charge in [-0.15, -0.1) is 0 Å². The average Bonchev–Trinajstić information content (AvgIpc) is 2.74. The number of fused-ring (bicyclic) bond motifs is 1. The van der Waals surface area contributed by atoms with E-state index in [1.165, 1.54) is 25.3 Å². The van der Waals surface area contributed by atoms with Gasteiger partial charge >= 0.3 is 5.97 Å². The number of phenols is 2. The van der Waals surface area contributed by atoms with Crippen LogP contribution < -0.4 is 9.47 Å². The average molecular weight is 425 g/mol. The van der Waals surface area contributed by atoms with E-state index in [4.69, 9.17) is 21.1 Å². The molecule has 1 unspecified atom stereocenters. The minimum Gasteiger partial charge on any atom is -0.507 e. The van der Waals surface area contributed by atoms with Gasteiger partial charge in [-0.3, -0.25) is 9.59 Å². The molecule has 30 heavy (non-hydrogen) atoms. The molecule has 1 atom stereocenters. The highest BCUT2D eigenvalue weighted by atomic mass is 35.5. The molecule has 6 nitrogen and oxygen atoms in total. The van der Waals surface area contributed by atoms with Gasteiger partial charge in [-0.1, -0.05) is 17.7 Å². The fourth-order valence-electron chi connectivity index (χ4n) is 3.58. The molecule has 0 bridgehead atoms. The minimum absolute atomic E-state index is 0.0346. The Balaban J connectivity index is 1.83. The number of carbonyl (C=O) groups is 2. The minimum atomic E-state index is -0.575. The second-order valence-electron chi connectivity index (χ2n) is 6.87. The lowest BCUT2D eigenvalue weighted by Crippen LogP contribution is -2.22. The molecular weight excluding hydrogens is 408 g/mol. The van der Waals surface area contributed by atoms with Gasteiger partial charge in [0.15, 0.2) is 17.3 Å². The summed E-state index contributed by atoms with van der Waals surface area (Å²) in [5, 5.41) is 21.4. The zero-order valence-electron chi connectivity index (χ0n) is 15.9. The Labute approximate surface area is 177 Å². The van der Waals surface area contributed by atoms with E-state index in [0.29, 0.717) is 21.7 Å². The molecule has 0 radical (unpaired) electrons. The number of aromatic hydroxyl groups is 2. The number of hydrogen-bond donors (Lipinski definition) is 2. The van der Waals surface area contributed by atoms with Crippen LogP contribution in [-0.4, -0.2) is 29.1 Å². The maximum absolute atomic E-state index is 13.0. The number of ether oxygens (including phenoxy) is 2. The molecule has 0 aromatic heterocycles. The van der Waals surface area contributed by atoms with Crippen molar-refractivity contribution in [3.05, 3.63) is 81.9 Å². The lowest BCUT2D eigenvalue weighted by molar-refractivity contribution is -0.135. The summed E-state index contributed by atoms with van der Waals surface area (Å²) in [6.45, 7) is 0. The van der Waals surface area contributed by atoms with Gasteiger partial charge in [-0.05, 0) is 54.1 Å². The van der Waals surface area contributed by atoms with Gasteiger partial charge in [-0.2, -0.15) is 0 Å². The highest BCUT2D eigenvalue weighted by Gasteiger charge is 2.33. The van der Waals surface area contributed by atoms with E-state index < -0.39 is 11.9 Å². The first-order valence-electron chi connectivity index (χ1n) is 9.12. The fraction of sp³-hybridized carbons (Fsp3) is 0.130. The van der Waals surface area contributed by atoms with Crippen LogP contribution in [0.15, 0.2) is 54.6 Å². The Morgan fingerprint density at radius 1 is 1.10 bits per heavy atom. The van der Waals surface area contributed by atoms with Crippen molar-refractivity contribution in [2.75, 3.05) is 7.11 Å². The summed E-state index contributed by atoms with van der Waals surface area (Å²) in [6.07, 6.45) is -0.0346. The Morgan fingerprint density at radius 2 is 1.83 bits per heavy atom. The molecule has 0 aliphatic carbocycles. The molecule has 0 fully saturated rings. The van der Waals surface area contributed by atoms with Crippen molar-refractivity contribution in [1.82, 2.24) is 0 Å². The molecule has 0 saturated heterocycles. The SMILES string of the molecule is COc1cc(C2CC(=O)Oc3ccc(C(=O)c4ccc(Cl)cc4)c(O)c32)ccc1O. The van der Waals surface area contributed by atoms with Crippen LogP contribution in [0.2, 0.25) is 5.02 Å². The van der Waals surface area contributed by atoms with Crippen molar-refractivity contribution in [2.45, 2.75) is 12.3 Å². The van der Waals surface area contributed by atoms with E-state index in [9.17, 15) is 19.8 Å². The van der Waals surface area contributed by atoms with Crippen molar-refractivity contribution in [3.8, 4) is 23.0 Å². The van der Waals surface area contributed by atoms with Gasteiger partial charge in [0.25, 0.3) is 0 Å². The van der Waals surface area contributed by atoms with E-state index >= 15 is 0 Å². The molecule has 7 heteroatoms. The summed E-state index contributed by atoms with van der Waals surface area (Å²) < 4.78 is 10.4. The molecule has 3 aromatic rings. The van der Waals surface area contributed by atoms with Crippen LogP contribution in [0.25, 0.3) is 0 Å². The van der Waals surface area contributed by atoms with Crippen LogP contribution in [0.5, 0.6) is 23.0 Å². The van der Waals surface area contributed by atoms with Crippen molar-refractivity contribution in [2.24, 2.45) is 0 Å². The van der Waals surface area contributed by atoms with Gasteiger partial charge in [0.2, 0.25) is 0 Å². The largest absolute Gasteiger partial charge is 0.507 e. The number of carbonyl (C=O) groups excluding carboxylic acids is 2. The number of methoxy groups -OCH3 is 1. The molecule has 0 amide bonds. The third-order valence-electron chi connectivity index (χ3n) is 5.08. The third kappa shape index (κ3) is 3.46. The first kappa shape index (κ1) is 19.8. The van der Waals surface area contributed by atoms with E-state index in [1.54, 1.807) is 36.4 Å². The molecule has 1 heterocycles. The van der Waals surface area contributed by atoms with Crippen molar-refractivity contribution >= 4 is 23.4 Å². The predicted octanol–water partition coefficient (Wildman–Crippen LogP) is 4.43. The van der Waals surface area contributed by atoms with Gasteiger partial charge in [0.1, 0.15) is 11.5 Å². The first-order valence-corrected chi connectivity index (χ1v) is 9.50. The number of esters is 1. The number of phenolic OH excluding ortho intramolecular Hbond substituents is 2. The Kier molecular flexibility index (Phi) is 5.10. The van der Waals surface area contributed by atoms with Crippen LogP contribution >= 0.6 is 11.6 Å². The Morgan fingerprint density at radius 3 is 2.53 bits per heavy atom. The summed E-state index contributed by atoms with van der Waals surface area (Å²) in [4.78, 5) is 25.1. The van der Waals surface area contributed by atoms with Crippen LogP contribution in [0.3, 0.4) is 0 Å². The molecule has 0 spiro atoms. The van der Waals surface area contributed by atoms with Crippen LogP contribution in [0, 0.1) is 0 Å². The van der Waals surface area contributed by atoms with Crippen LogP contribution in [-0.2, 0) is 4.79 Å². The predicted molar refractivity (Wildman–Crippen MR) is 110 cm³/mol. The number of ketones is 1. The highest BCUT2D eigenvalue weighted by Crippen LogP contribution is 2.46. The zero-order chi connectivity index (χ0) is 21.4. The monoisotopic (exact) mass is 424 g/mol. The van der Waals surface area contributed by atoms with Gasteiger partial charge in [0.05, 0.1) is 19.1 Å². The topological polar surface area (TPSA) is 93.1 Å². The third-order valence-corrected chi connectivity index (χ3v) is 5.33. The van der Waals surface area contributed by atoms with Crippen molar-refractivity contribution in [3.63, 3.8) is 0 Å². The van der Waals surface area contributed by atoms with Gasteiger partial charge in [-0.25, -0.2) is 0 Å². The molecule has 1 aliphatic rings. The number of hydrogen-bond acceptors (Lipinski definition) is 6. The van der Waals surface area contributed by atoms with Gasteiger partial charge < -0.3 is 19.7 Å². The molecule has 2 N–H and O–H groups in total. The normalized spacial score (nSPS) is 15.3. The Bertz CT molecular complexity index is 1150. The summed E-state index contributed by atoms with van der Waals surface area (Å²) in [5.41, 5.74) is 1.42. The standard InChI is InChI=1S/C23H17ClO6/c1-29-19-10-13(4-8-17(19)25)16-11-20(26)30-18-9-7-15(23(28)21(16)18)22(27)12-2-5-14(24)6-3-12/h2-10,16,25,28H,11H2,1H3. The first-order chi connectivity index (χ1) is 14.4. The molecular formula is C23H17ClO6. The molecule has 152 valence electrons. The van der Waals surface area contributed by atoms with Crippen molar-refractivity contribution < 1.29 is 29.3 Å². The van der Waals surface area contributed by atoms with E-state index in [-0.39, 0.29) is 40.8 Å². The lowest BCUT2D eigenvalue weighted by Gasteiger charge is -2.27. The smallest absolute Gasteiger partial charge is 0.312 e. The fourth-order valence-corrected chi connectivity index (χ4v) is 3.71. The maximum atomic E-state index is 13.0. The number of benzene rings is 3. The summed E-state index contributed by atoms with van der Waals surface area (Å²) >= 11 is 5.89. The zero-order valence-corrected chi connectivity index (χ0v) is 16.6. The van der Waals surface area contributed by atoms with Crippen LogP contribution in [0.1, 0.15) is 39.4 Å². The second kappa shape index (κ2) is 7.72. The van der Waals surface area contributed by atoms with E-state index in [2.05, 4.69) is 0 Å². The maximum Gasteiger partial charge on any atom is 0.312 e. The summed E-state index contributed by atoms with van der Waals surface area (Å²) in [6, 6.07) is 14.0. The highest BCUT2D eigenvalue weighted by molar-refractivity contribution is 6.30. The van der Waals surface area contributed by atoms with E-state index in [0.717, 1.165) is 0 Å². The van der Waals surface area contributed by atoms with Crippen molar-refractivity contribution in [1.29, 1.82) is 0 Å². The van der Waals surface area contributed by atoms with Crippen LogP contribution in [0.4, 0.5) is 0 Å². The molecule has 4 rings (SSSR count). The number of halogens is 1. The Hall–Kier alpha value is -3.51. The lowest BCUT2D eigenvalue weighted by atomic mass is 9.84. The quantitative estimate of drug-likeness (QED) is 0.365. The van der Waals surface area contributed by atoms with Gasteiger partial charge in [0, 0.05) is 22.1 Å². The summed E-state index contributed by atoms with van der Waals surface area (Å²) in [7, 11) is 1.42. The number of rotatable bonds is 4. The second-order valence-corrected chi connectivity index (χ2v) is 7.31. The molecule has 3 aromatic carbocycles. The molecule has 0 saturated carbocycles.